The number of carbonyl (C=O) groups is 3. The average molecular weight is 465 g/mol. The minimum Gasteiger partial charge on any atom is -0.478 e. The summed E-state index contributed by atoms with van der Waals surface area (Å²) in [6, 6.07) is 23.4. The Morgan fingerprint density at radius 3 is 2.36 bits per heavy atom. The van der Waals surface area contributed by atoms with Crippen molar-refractivity contribution in [3.05, 3.63) is 101 Å². The second-order valence-electron chi connectivity index (χ2n) is 7.18. The second kappa shape index (κ2) is 11.9. The SMILES string of the molecule is COC(=O)C(C(=O)OCCc1ccccc1)c1cccc(SCc2ccccc2C(=O)O)c1. The van der Waals surface area contributed by atoms with Gasteiger partial charge in [-0.05, 0) is 34.9 Å². The minimum atomic E-state index is -1.20. The number of esters is 2. The lowest BCUT2D eigenvalue weighted by molar-refractivity contribution is -0.155. The maximum absolute atomic E-state index is 12.7. The van der Waals surface area contributed by atoms with Gasteiger partial charge in [-0.25, -0.2) is 4.79 Å². The number of aromatic carboxylic acids is 1. The molecule has 0 aliphatic heterocycles. The van der Waals surface area contributed by atoms with Gasteiger partial charge >= 0.3 is 17.9 Å². The molecule has 33 heavy (non-hydrogen) atoms. The maximum Gasteiger partial charge on any atom is 0.335 e. The van der Waals surface area contributed by atoms with Crippen LogP contribution in [-0.4, -0.2) is 36.7 Å². The van der Waals surface area contributed by atoms with E-state index in [0.717, 1.165) is 10.5 Å². The first-order valence-corrected chi connectivity index (χ1v) is 11.3. The van der Waals surface area contributed by atoms with Crippen LogP contribution in [0.5, 0.6) is 0 Å². The van der Waals surface area contributed by atoms with E-state index in [9.17, 15) is 19.5 Å². The van der Waals surface area contributed by atoms with E-state index in [4.69, 9.17) is 9.47 Å². The Morgan fingerprint density at radius 1 is 0.909 bits per heavy atom. The number of benzene rings is 3. The van der Waals surface area contributed by atoms with Crippen molar-refractivity contribution in [1.29, 1.82) is 0 Å². The normalized spacial score (nSPS) is 11.4. The molecule has 0 amide bonds. The Hall–Kier alpha value is -3.58. The number of carboxylic acids is 1. The molecular formula is C26H24O6S. The number of methoxy groups -OCH3 is 1. The van der Waals surface area contributed by atoms with Crippen LogP contribution in [0.25, 0.3) is 0 Å². The highest BCUT2D eigenvalue weighted by atomic mass is 32.2. The average Bonchev–Trinajstić information content (AvgIpc) is 2.84. The van der Waals surface area contributed by atoms with E-state index in [-0.39, 0.29) is 12.2 Å². The molecule has 0 spiro atoms. The van der Waals surface area contributed by atoms with Crippen molar-refractivity contribution in [2.75, 3.05) is 13.7 Å². The highest BCUT2D eigenvalue weighted by Crippen LogP contribution is 2.28. The number of carbonyl (C=O) groups excluding carboxylic acids is 2. The standard InChI is InChI=1S/C26H24O6S/c1-31-25(29)23(26(30)32-15-14-18-8-3-2-4-9-18)19-11-7-12-21(16-19)33-17-20-10-5-6-13-22(20)24(27)28/h2-13,16,23H,14-15,17H2,1H3,(H,27,28). The van der Waals surface area contributed by atoms with Crippen molar-refractivity contribution in [2.24, 2.45) is 0 Å². The number of rotatable bonds is 10. The zero-order valence-corrected chi connectivity index (χ0v) is 18.9. The van der Waals surface area contributed by atoms with E-state index >= 15 is 0 Å². The molecule has 3 aromatic carbocycles. The molecule has 1 atom stereocenters. The molecule has 0 saturated heterocycles. The highest BCUT2D eigenvalue weighted by Gasteiger charge is 2.31. The summed E-state index contributed by atoms with van der Waals surface area (Å²) in [6.45, 7) is 0.150. The second-order valence-corrected chi connectivity index (χ2v) is 8.23. The lowest BCUT2D eigenvalue weighted by Gasteiger charge is -2.15. The van der Waals surface area contributed by atoms with Crippen LogP contribution in [0.15, 0.2) is 83.8 Å². The van der Waals surface area contributed by atoms with Crippen molar-refractivity contribution in [3.8, 4) is 0 Å². The largest absolute Gasteiger partial charge is 0.478 e. The van der Waals surface area contributed by atoms with Crippen LogP contribution in [0, 0.1) is 0 Å². The Bertz CT molecular complexity index is 1110. The van der Waals surface area contributed by atoms with Crippen LogP contribution in [0.3, 0.4) is 0 Å². The van der Waals surface area contributed by atoms with Crippen LogP contribution in [0.2, 0.25) is 0 Å². The summed E-state index contributed by atoms with van der Waals surface area (Å²) in [5, 5.41) is 9.36. The molecule has 0 aromatic heterocycles. The van der Waals surface area contributed by atoms with Gasteiger partial charge in [0, 0.05) is 17.1 Å². The summed E-state index contributed by atoms with van der Waals surface area (Å²) in [7, 11) is 1.23. The molecule has 0 aliphatic rings. The molecule has 0 saturated carbocycles. The van der Waals surface area contributed by atoms with Gasteiger partial charge in [0.05, 0.1) is 19.3 Å². The Morgan fingerprint density at radius 2 is 1.64 bits per heavy atom. The molecule has 3 aromatic rings. The van der Waals surface area contributed by atoms with Gasteiger partial charge < -0.3 is 14.6 Å². The lowest BCUT2D eigenvalue weighted by Crippen LogP contribution is -2.26. The molecule has 170 valence electrons. The van der Waals surface area contributed by atoms with Gasteiger partial charge in [-0.1, -0.05) is 60.7 Å². The van der Waals surface area contributed by atoms with E-state index in [1.807, 2.05) is 36.4 Å². The van der Waals surface area contributed by atoms with Crippen LogP contribution >= 0.6 is 11.8 Å². The number of carboxylic acid groups (broad SMARTS) is 1. The zero-order valence-electron chi connectivity index (χ0n) is 18.1. The molecule has 0 aliphatic carbocycles. The van der Waals surface area contributed by atoms with E-state index in [2.05, 4.69) is 0 Å². The summed E-state index contributed by atoms with van der Waals surface area (Å²) < 4.78 is 10.2. The third kappa shape index (κ3) is 6.70. The predicted octanol–water partition coefficient (Wildman–Crippen LogP) is 4.72. The number of hydrogen-bond donors (Lipinski definition) is 1. The molecule has 3 rings (SSSR count). The van der Waals surface area contributed by atoms with E-state index in [1.54, 1.807) is 42.5 Å². The van der Waals surface area contributed by atoms with Crippen LogP contribution in [0.1, 0.15) is 33.0 Å². The highest BCUT2D eigenvalue weighted by molar-refractivity contribution is 7.98. The van der Waals surface area contributed by atoms with Gasteiger partial charge in [0.1, 0.15) is 0 Å². The molecule has 6 nitrogen and oxygen atoms in total. The molecule has 0 bridgehead atoms. The van der Waals surface area contributed by atoms with Crippen LogP contribution < -0.4 is 0 Å². The first kappa shape index (κ1) is 24.1. The van der Waals surface area contributed by atoms with E-state index in [0.29, 0.717) is 23.3 Å². The summed E-state index contributed by atoms with van der Waals surface area (Å²) in [5.74, 6) is -3.12. The van der Waals surface area contributed by atoms with Gasteiger partial charge in [-0.3, -0.25) is 9.59 Å². The molecular weight excluding hydrogens is 440 g/mol. The quantitative estimate of drug-likeness (QED) is 0.264. The first-order valence-electron chi connectivity index (χ1n) is 10.3. The monoisotopic (exact) mass is 464 g/mol. The van der Waals surface area contributed by atoms with Gasteiger partial charge in [0.2, 0.25) is 0 Å². The van der Waals surface area contributed by atoms with Crippen molar-refractivity contribution in [2.45, 2.75) is 23.0 Å². The fraction of sp³-hybridized carbons (Fsp3) is 0.192. The summed E-state index contributed by atoms with van der Waals surface area (Å²) in [4.78, 5) is 37.4. The summed E-state index contributed by atoms with van der Waals surface area (Å²) in [6.07, 6.45) is 0.541. The fourth-order valence-corrected chi connectivity index (χ4v) is 4.25. The topological polar surface area (TPSA) is 89.9 Å². The zero-order chi connectivity index (χ0) is 23.6. The number of thioether (sulfide) groups is 1. The van der Waals surface area contributed by atoms with Gasteiger partial charge in [0.25, 0.3) is 0 Å². The van der Waals surface area contributed by atoms with Crippen molar-refractivity contribution in [1.82, 2.24) is 0 Å². The Kier molecular flexibility index (Phi) is 8.66. The number of ether oxygens (including phenoxy) is 2. The smallest absolute Gasteiger partial charge is 0.335 e. The molecule has 1 unspecified atom stereocenters. The minimum absolute atomic E-state index is 0.150. The third-order valence-corrected chi connectivity index (χ3v) is 6.03. The van der Waals surface area contributed by atoms with Crippen molar-refractivity contribution in [3.63, 3.8) is 0 Å². The molecule has 0 radical (unpaired) electrons. The fourth-order valence-electron chi connectivity index (χ4n) is 3.28. The predicted molar refractivity (Wildman–Crippen MR) is 125 cm³/mol. The third-order valence-electron chi connectivity index (χ3n) is 4.98. The van der Waals surface area contributed by atoms with Crippen molar-refractivity contribution >= 4 is 29.7 Å². The van der Waals surface area contributed by atoms with Crippen LogP contribution in [-0.2, 0) is 31.2 Å². The van der Waals surface area contributed by atoms with E-state index in [1.165, 1.54) is 18.9 Å². The van der Waals surface area contributed by atoms with Crippen LogP contribution in [0.4, 0.5) is 0 Å². The van der Waals surface area contributed by atoms with Gasteiger partial charge in [0.15, 0.2) is 5.92 Å². The molecule has 1 N–H and O–H groups in total. The Balaban J connectivity index is 1.70. The lowest BCUT2D eigenvalue weighted by atomic mass is 9.99. The summed E-state index contributed by atoms with van der Waals surface area (Å²) >= 11 is 1.42. The molecule has 0 heterocycles. The summed E-state index contributed by atoms with van der Waals surface area (Å²) in [5.41, 5.74) is 2.42. The molecule has 7 heteroatoms. The number of hydrogen-bond acceptors (Lipinski definition) is 6. The first-order chi connectivity index (χ1) is 16.0. The van der Waals surface area contributed by atoms with Gasteiger partial charge in [-0.15, -0.1) is 11.8 Å². The van der Waals surface area contributed by atoms with Crippen molar-refractivity contribution < 1.29 is 29.0 Å². The van der Waals surface area contributed by atoms with E-state index < -0.39 is 23.8 Å². The maximum atomic E-state index is 12.7. The van der Waals surface area contributed by atoms with Gasteiger partial charge in [-0.2, -0.15) is 0 Å². The molecule has 0 fully saturated rings. The Labute approximate surface area is 196 Å².